The van der Waals surface area contributed by atoms with E-state index in [1.165, 1.54) is 0 Å². The highest BCUT2D eigenvalue weighted by Gasteiger charge is 2.09. The highest BCUT2D eigenvalue weighted by atomic mass is 16.6. The van der Waals surface area contributed by atoms with Gasteiger partial charge in [-0.1, -0.05) is 0 Å². The summed E-state index contributed by atoms with van der Waals surface area (Å²) in [6.07, 6.45) is 0.0557. The molecule has 1 rings (SSSR count). The molecule has 5 nitrogen and oxygen atoms in total. The van der Waals surface area contributed by atoms with Gasteiger partial charge >= 0.3 is 5.97 Å². The number of ether oxygens (including phenoxy) is 4. The molecule has 19 heavy (non-hydrogen) atoms. The molecule has 0 heterocycles. The normalized spacial score (nSPS) is 10.2. The van der Waals surface area contributed by atoms with Crippen molar-refractivity contribution in [3.05, 3.63) is 18.2 Å². The van der Waals surface area contributed by atoms with E-state index >= 15 is 0 Å². The highest BCUT2D eigenvalue weighted by molar-refractivity contribution is 5.71. The van der Waals surface area contributed by atoms with Crippen LogP contribution in [0.1, 0.15) is 20.8 Å². The first-order chi connectivity index (χ1) is 9.06. The number of carbonyl (C=O) groups is 1. The topological polar surface area (TPSA) is 54.0 Å². The van der Waals surface area contributed by atoms with Crippen molar-refractivity contribution in [2.75, 3.05) is 20.3 Å². The Bertz CT molecular complexity index is 414. The van der Waals surface area contributed by atoms with E-state index in [-0.39, 0.29) is 12.7 Å². The molecule has 106 valence electrons. The molecule has 0 unspecified atom stereocenters. The Morgan fingerprint density at radius 3 is 2.58 bits per heavy atom. The Hall–Kier alpha value is -1.91. The van der Waals surface area contributed by atoms with Gasteiger partial charge in [0.1, 0.15) is 5.75 Å². The van der Waals surface area contributed by atoms with E-state index in [9.17, 15) is 4.79 Å². The fourth-order valence-corrected chi connectivity index (χ4v) is 1.43. The van der Waals surface area contributed by atoms with Crippen LogP contribution >= 0.6 is 0 Å². The zero-order chi connectivity index (χ0) is 14.3. The maximum absolute atomic E-state index is 11.2. The average molecular weight is 268 g/mol. The number of methoxy groups -OCH3 is 1. The van der Waals surface area contributed by atoms with Crippen LogP contribution in [0.25, 0.3) is 0 Å². The summed E-state index contributed by atoms with van der Waals surface area (Å²) in [6.45, 7) is 5.84. The lowest BCUT2D eigenvalue weighted by Crippen LogP contribution is -2.14. The largest absolute Gasteiger partial charge is 0.493 e. The van der Waals surface area contributed by atoms with Gasteiger partial charge in [0.05, 0.1) is 19.8 Å². The van der Waals surface area contributed by atoms with Gasteiger partial charge in [-0.15, -0.1) is 0 Å². The van der Waals surface area contributed by atoms with Gasteiger partial charge in [0.25, 0.3) is 0 Å². The van der Waals surface area contributed by atoms with Gasteiger partial charge in [-0.2, -0.15) is 0 Å². The third-order valence-corrected chi connectivity index (χ3v) is 2.16. The second-order valence-electron chi connectivity index (χ2n) is 4.07. The predicted molar refractivity (Wildman–Crippen MR) is 70.9 cm³/mol. The van der Waals surface area contributed by atoms with Gasteiger partial charge in [-0.25, -0.2) is 4.79 Å². The summed E-state index contributed by atoms with van der Waals surface area (Å²) >= 11 is 0. The lowest BCUT2D eigenvalue weighted by Gasteiger charge is -2.14. The zero-order valence-corrected chi connectivity index (χ0v) is 11.8. The summed E-state index contributed by atoms with van der Waals surface area (Å²) in [7, 11) is 1.55. The standard InChI is InChI=1S/C14H20O5/c1-5-17-14(15)9-18-11-6-7-12(19-10(2)3)13(8-11)16-4/h6-8,10H,5,9H2,1-4H3. The monoisotopic (exact) mass is 268 g/mol. The Kier molecular flexibility index (Phi) is 5.99. The summed E-state index contributed by atoms with van der Waals surface area (Å²) in [6, 6.07) is 5.15. The first kappa shape index (κ1) is 15.1. The van der Waals surface area contributed by atoms with Gasteiger partial charge in [0, 0.05) is 6.07 Å². The molecule has 5 heteroatoms. The van der Waals surface area contributed by atoms with Gasteiger partial charge in [-0.05, 0) is 32.9 Å². The summed E-state index contributed by atoms with van der Waals surface area (Å²) in [5.74, 6) is 1.33. The van der Waals surface area contributed by atoms with Crippen LogP contribution in [0.15, 0.2) is 18.2 Å². The fourth-order valence-electron chi connectivity index (χ4n) is 1.43. The minimum atomic E-state index is -0.399. The molecule has 0 saturated heterocycles. The van der Waals surface area contributed by atoms with E-state index in [0.717, 1.165) is 0 Å². The minimum absolute atomic E-state index is 0.0557. The Morgan fingerprint density at radius 2 is 2.00 bits per heavy atom. The van der Waals surface area contributed by atoms with Gasteiger partial charge in [0.2, 0.25) is 0 Å². The Morgan fingerprint density at radius 1 is 1.26 bits per heavy atom. The number of carbonyl (C=O) groups excluding carboxylic acids is 1. The van der Waals surface area contributed by atoms with Crippen LogP contribution in [0.3, 0.4) is 0 Å². The van der Waals surface area contributed by atoms with E-state index in [4.69, 9.17) is 18.9 Å². The molecule has 0 radical (unpaired) electrons. The van der Waals surface area contributed by atoms with Crippen LogP contribution < -0.4 is 14.2 Å². The molecule has 0 aliphatic rings. The van der Waals surface area contributed by atoms with Crippen LogP contribution in [0.5, 0.6) is 17.2 Å². The van der Waals surface area contributed by atoms with Crippen molar-refractivity contribution in [2.45, 2.75) is 26.9 Å². The van der Waals surface area contributed by atoms with Gasteiger partial charge in [0.15, 0.2) is 18.1 Å². The number of hydrogen-bond acceptors (Lipinski definition) is 5. The molecule has 0 fully saturated rings. The maximum Gasteiger partial charge on any atom is 0.344 e. The van der Waals surface area contributed by atoms with E-state index in [1.807, 2.05) is 13.8 Å². The smallest absolute Gasteiger partial charge is 0.344 e. The molecule has 0 bridgehead atoms. The van der Waals surface area contributed by atoms with E-state index < -0.39 is 5.97 Å². The zero-order valence-electron chi connectivity index (χ0n) is 11.8. The third kappa shape index (κ3) is 5.07. The van der Waals surface area contributed by atoms with Gasteiger partial charge in [-0.3, -0.25) is 0 Å². The number of benzene rings is 1. The van der Waals surface area contributed by atoms with Crippen molar-refractivity contribution in [1.29, 1.82) is 0 Å². The first-order valence-electron chi connectivity index (χ1n) is 6.20. The lowest BCUT2D eigenvalue weighted by atomic mass is 10.3. The summed E-state index contributed by atoms with van der Waals surface area (Å²) < 4.78 is 20.9. The average Bonchev–Trinajstić information content (AvgIpc) is 2.37. The second kappa shape index (κ2) is 7.51. The van der Waals surface area contributed by atoms with Crippen LogP contribution in [0.2, 0.25) is 0 Å². The van der Waals surface area contributed by atoms with E-state index in [1.54, 1.807) is 32.2 Å². The van der Waals surface area contributed by atoms with Crippen molar-refractivity contribution in [3.8, 4) is 17.2 Å². The third-order valence-electron chi connectivity index (χ3n) is 2.16. The predicted octanol–water partition coefficient (Wildman–Crippen LogP) is 2.42. The number of esters is 1. The summed E-state index contributed by atoms with van der Waals surface area (Å²) in [5.41, 5.74) is 0. The molecular weight excluding hydrogens is 248 g/mol. The minimum Gasteiger partial charge on any atom is -0.493 e. The van der Waals surface area contributed by atoms with E-state index in [0.29, 0.717) is 23.9 Å². The molecule has 1 aromatic rings. The van der Waals surface area contributed by atoms with Crippen LogP contribution in [-0.4, -0.2) is 32.4 Å². The van der Waals surface area contributed by atoms with Crippen molar-refractivity contribution in [2.24, 2.45) is 0 Å². The molecule has 0 spiro atoms. The summed E-state index contributed by atoms with van der Waals surface area (Å²) in [5, 5.41) is 0. The maximum atomic E-state index is 11.2. The van der Waals surface area contributed by atoms with Crippen LogP contribution in [-0.2, 0) is 9.53 Å². The quantitative estimate of drug-likeness (QED) is 0.711. The SMILES string of the molecule is CCOC(=O)COc1ccc(OC(C)C)c(OC)c1. The Labute approximate surface area is 113 Å². The second-order valence-corrected chi connectivity index (χ2v) is 4.07. The lowest BCUT2D eigenvalue weighted by molar-refractivity contribution is -0.145. The van der Waals surface area contributed by atoms with Crippen LogP contribution in [0.4, 0.5) is 0 Å². The van der Waals surface area contributed by atoms with Crippen molar-refractivity contribution < 1.29 is 23.7 Å². The number of hydrogen-bond donors (Lipinski definition) is 0. The fraction of sp³-hybridized carbons (Fsp3) is 0.500. The molecule has 0 saturated carbocycles. The highest BCUT2D eigenvalue weighted by Crippen LogP contribution is 2.31. The molecule has 0 aromatic heterocycles. The molecular formula is C14H20O5. The first-order valence-corrected chi connectivity index (χ1v) is 6.20. The molecule has 0 aliphatic heterocycles. The van der Waals surface area contributed by atoms with Crippen molar-refractivity contribution in [3.63, 3.8) is 0 Å². The van der Waals surface area contributed by atoms with Crippen molar-refractivity contribution >= 4 is 5.97 Å². The molecule has 0 aliphatic carbocycles. The van der Waals surface area contributed by atoms with E-state index in [2.05, 4.69) is 0 Å². The molecule has 0 amide bonds. The number of rotatable bonds is 7. The Balaban J connectivity index is 2.68. The summed E-state index contributed by atoms with van der Waals surface area (Å²) in [4.78, 5) is 11.2. The van der Waals surface area contributed by atoms with Gasteiger partial charge < -0.3 is 18.9 Å². The molecule has 0 atom stereocenters. The molecule has 0 N–H and O–H groups in total. The van der Waals surface area contributed by atoms with Crippen molar-refractivity contribution in [1.82, 2.24) is 0 Å². The molecule has 1 aromatic carbocycles. The van der Waals surface area contributed by atoms with Crippen LogP contribution in [0, 0.1) is 0 Å².